The van der Waals surface area contributed by atoms with E-state index in [4.69, 9.17) is 23.2 Å². The van der Waals surface area contributed by atoms with Gasteiger partial charge in [-0.05, 0) is 19.1 Å². The number of hydrogen-bond acceptors (Lipinski definition) is 1. The zero-order chi connectivity index (χ0) is 7.56. The second-order valence-corrected chi connectivity index (χ2v) is 2.69. The van der Waals surface area contributed by atoms with Crippen molar-refractivity contribution < 1.29 is 0 Å². The second-order valence-electron chi connectivity index (χ2n) is 2.01. The lowest BCUT2D eigenvalue weighted by Crippen LogP contribution is -1.88. The van der Waals surface area contributed by atoms with Crippen LogP contribution in [0, 0.1) is 6.92 Å². The van der Waals surface area contributed by atoms with Crippen molar-refractivity contribution in [2.45, 2.75) is 12.8 Å². The molecule has 1 aromatic heterocycles. The second kappa shape index (κ2) is 3.22. The number of alkyl halides is 1. The van der Waals surface area contributed by atoms with Gasteiger partial charge < -0.3 is 0 Å². The number of halogens is 2. The third kappa shape index (κ3) is 1.61. The van der Waals surface area contributed by atoms with E-state index in [1.807, 2.05) is 19.1 Å². The summed E-state index contributed by atoms with van der Waals surface area (Å²) in [5.41, 5.74) is 1.70. The fourth-order valence-corrected chi connectivity index (χ4v) is 1.13. The van der Waals surface area contributed by atoms with Crippen molar-refractivity contribution >= 4 is 23.2 Å². The molecule has 54 valence electrons. The van der Waals surface area contributed by atoms with E-state index in [9.17, 15) is 0 Å². The van der Waals surface area contributed by atoms with Crippen molar-refractivity contribution in [2.24, 2.45) is 0 Å². The number of aromatic nitrogens is 1. The van der Waals surface area contributed by atoms with Gasteiger partial charge in [-0.15, -0.1) is 11.6 Å². The van der Waals surface area contributed by atoms with Crippen molar-refractivity contribution in [3.05, 3.63) is 28.5 Å². The van der Waals surface area contributed by atoms with E-state index >= 15 is 0 Å². The Bertz CT molecular complexity index is 235. The summed E-state index contributed by atoms with van der Waals surface area (Å²) < 4.78 is 0. The first kappa shape index (κ1) is 7.83. The molecule has 3 heteroatoms. The van der Waals surface area contributed by atoms with E-state index in [1.165, 1.54) is 0 Å². The summed E-state index contributed by atoms with van der Waals surface area (Å²) in [4.78, 5) is 4.13. The van der Waals surface area contributed by atoms with Crippen molar-refractivity contribution in [2.75, 3.05) is 0 Å². The van der Waals surface area contributed by atoms with Crippen LogP contribution in [0.4, 0.5) is 0 Å². The molecule has 0 radical (unpaired) electrons. The van der Waals surface area contributed by atoms with Gasteiger partial charge in [0.05, 0.1) is 16.6 Å². The molecule has 0 unspecified atom stereocenters. The normalized spacial score (nSPS) is 9.90. The summed E-state index contributed by atoms with van der Waals surface area (Å²) in [6.07, 6.45) is 0. The van der Waals surface area contributed by atoms with Gasteiger partial charge in [0.1, 0.15) is 0 Å². The van der Waals surface area contributed by atoms with Crippen LogP contribution in [-0.2, 0) is 5.88 Å². The molecule has 0 aliphatic heterocycles. The average molecular weight is 176 g/mol. The minimum Gasteiger partial charge on any atom is -0.255 e. The lowest BCUT2D eigenvalue weighted by atomic mass is 10.3. The molecule has 0 amide bonds. The zero-order valence-electron chi connectivity index (χ0n) is 5.56. The van der Waals surface area contributed by atoms with Crippen LogP contribution in [0.25, 0.3) is 0 Å². The first-order valence-corrected chi connectivity index (χ1v) is 3.83. The Morgan fingerprint density at radius 2 is 2.20 bits per heavy atom. The number of aryl methyl sites for hydroxylation is 1. The fraction of sp³-hybridized carbons (Fsp3) is 0.286. The summed E-state index contributed by atoms with van der Waals surface area (Å²) in [5.74, 6) is 0.376. The van der Waals surface area contributed by atoms with Crippen LogP contribution < -0.4 is 0 Å². The van der Waals surface area contributed by atoms with Gasteiger partial charge in [-0.25, -0.2) is 0 Å². The molecule has 0 fully saturated rings. The van der Waals surface area contributed by atoms with Gasteiger partial charge in [-0.1, -0.05) is 11.6 Å². The van der Waals surface area contributed by atoms with Crippen LogP contribution in [-0.4, -0.2) is 4.98 Å². The Morgan fingerprint density at radius 3 is 2.70 bits per heavy atom. The molecule has 0 N–H and O–H groups in total. The maximum atomic E-state index is 5.75. The molecular weight excluding hydrogens is 169 g/mol. The van der Waals surface area contributed by atoms with E-state index in [0.29, 0.717) is 10.9 Å². The predicted octanol–water partition coefficient (Wildman–Crippen LogP) is 2.78. The van der Waals surface area contributed by atoms with E-state index in [2.05, 4.69) is 4.98 Å². The maximum Gasteiger partial charge on any atom is 0.0740 e. The van der Waals surface area contributed by atoms with E-state index in [-0.39, 0.29) is 0 Å². The lowest BCUT2D eigenvalue weighted by molar-refractivity contribution is 1.10. The molecular formula is C7H7Cl2N. The van der Waals surface area contributed by atoms with E-state index < -0.39 is 0 Å². The molecule has 0 aliphatic rings. The van der Waals surface area contributed by atoms with Crippen LogP contribution >= 0.6 is 23.2 Å². The summed E-state index contributed by atoms with van der Waals surface area (Å²) in [5, 5.41) is 0.639. The highest BCUT2D eigenvalue weighted by Gasteiger charge is 1.98. The Morgan fingerprint density at radius 1 is 1.50 bits per heavy atom. The molecule has 1 rings (SSSR count). The monoisotopic (exact) mass is 175 g/mol. The smallest absolute Gasteiger partial charge is 0.0740 e. The van der Waals surface area contributed by atoms with E-state index in [1.54, 1.807) is 0 Å². The molecule has 0 saturated carbocycles. The predicted molar refractivity (Wildman–Crippen MR) is 43.5 cm³/mol. The largest absolute Gasteiger partial charge is 0.255 e. The highest BCUT2D eigenvalue weighted by Crippen LogP contribution is 2.15. The highest BCUT2D eigenvalue weighted by atomic mass is 35.5. The number of hydrogen-bond donors (Lipinski definition) is 0. The third-order valence-electron chi connectivity index (χ3n) is 1.18. The molecule has 0 aliphatic carbocycles. The van der Waals surface area contributed by atoms with Gasteiger partial charge in [-0.3, -0.25) is 4.98 Å². The number of pyridine rings is 1. The molecule has 0 saturated heterocycles. The van der Waals surface area contributed by atoms with Crippen LogP contribution in [0.3, 0.4) is 0 Å². The molecule has 0 aromatic carbocycles. The minimum absolute atomic E-state index is 0.376. The summed E-state index contributed by atoms with van der Waals surface area (Å²) in [7, 11) is 0. The van der Waals surface area contributed by atoms with Crippen molar-refractivity contribution in [1.29, 1.82) is 0 Å². The molecule has 0 atom stereocenters. The first-order chi connectivity index (χ1) is 4.74. The molecule has 0 spiro atoms. The van der Waals surface area contributed by atoms with Crippen molar-refractivity contribution in [1.82, 2.24) is 4.98 Å². The zero-order valence-corrected chi connectivity index (χ0v) is 7.08. The van der Waals surface area contributed by atoms with Gasteiger partial charge in [0, 0.05) is 5.69 Å². The maximum absolute atomic E-state index is 5.75. The quantitative estimate of drug-likeness (QED) is 0.599. The molecule has 0 bridgehead atoms. The van der Waals surface area contributed by atoms with Gasteiger partial charge in [0.2, 0.25) is 0 Å². The summed E-state index contributed by atoms with van der Waals surface area (Å²) in [6.45, 7) is 1.91. The standard InChI is InChI=1S/C7H7Cl2N/c1-5-2-3-6(9)7(4-8)10-5/h2-3H,4H2,1H3. The van der Waals surface area contributed by atoms with Crippen LogP contribution in [0.5, 0.6) is 0 Å². The number of nitrogens with zero attached hydrogens (tertiary/aromatic N) is 1. The summed E-state index contributed by atoms with van der Waals surface area (Å²) >= 11 is 11.3. The Hall–Kier alpha value is -0.270. The fourth-order valence-electron chi connectivity index (χ4n) is 0.687. The van der Waals surface area contributed by atoms with Crippen LogP contribution in [0.15, 0.2) is 12.1 Å². The Labute approximate surface area is 70.0 Å². The van der Waals surface area contributed by atoms with Gasteiger partial charge >= 0.3 is 0 Å². The van der Waals surface area contributed by atoms with Crippen molar-refractivity contribution in [3.63, 3.8) is 0 Å². The molecule has 1 heterocycles. The third-order valence-corrected chi connectivity index (χ3v) is 1.78. The van der Waals surface area contributed by atoms with Crippen LogP contribution in [0.1, 0.15) is 11.4 Å². The summed E-state index contributed by atoms with van der Waals surface area (Å²) in [6, 6.07) is 3.67. The molecule has 1 nitrogen and oxygen atoms in total. The Kier molecular flexibility index (Phi) is 2.52. The van der Waals surface area contributed by atoms with Gasteiger partial charge in [0.25, 0.3) is 0 Å². The average Bonchev–Trinajstić information content (AvgIpc) is 1.94. The van der Waals surface area contributed by atoms with E-state index in [0.717, 1.165) is 11.4 Å². The SMILES string of the molecule is Cc1ccc(Cl)c(CCl)n1. The Balaban J connectivity index is 3.09. The van der Waals surface area contributed by atoms with Gasteiger partial charge in [0.15, 0.2) is 0 Å². The highest BCUT2D eigenvalue weighted by molar-refractivity contribution is 6.32. The topological polar surface area (TPSA) is 12.9 Å². The minimum atomic E-state index is 0.376. The number of rotatable bonds is 1. The first-order valence-electron chi connectivity index (χ1n) is 2.92. The van der Waals surface area contributed by atoms with Crippen molar-refractivity contribution in [3.8, 4) is 0 Å². The van der Waals surface area contributed by atoms with Gasteiger partial charge in [-0.2, -0.15) is 0 Å². The molecule has 10 heavy (non-hydrogen) atoms. The lowest BCUT2D eigenvalue weighted by Gasteiger charge is -1.98. The molecule has 1 aromatic rings. The van der Waals surface area contributed by atoms with Crippen LogP contribution in [0.2, 0.25) is 5.02 Å².